The molecule has 4 aromatic rings. The third-order valence-electron chi connectivity index (χ3n) is 4.12. The molecule has 0 atom stereocenters. The van der Waals surface area contributed by atoms with E-state index >= 15 is 0 Å². The number of rotatable bonds is 1. The predicted molar refractivity (Wildman–Crippen MR) is 87.2 cm³/mol. The summed E-state index contributed by atoms with van der Waals surface area (Å²) in [6.07, 6.45) is 0. The van der Waals surface area contributed by atoms with Gasteiger partial charge in [0.2, 0.25) is 0 Å². The minimum absolute atomic E-state index is 0.356. The molecule has 0 fully saturated rings. The van der Waals surface area contributed by atoms with E-state index in [0.29, 0.717) is 5.58 Å². The van der Waals surface area contributed by atoms with E-state index in [4.69, 9.17) is 8.83 Å². The van der Waals surface area contributed by atoms with Crippen molar-refractivity contribution >= 4 is 21.9 Å². The molecule has 3 heteroatoms. The van der Waals surface area contributed by atoms with Gasteiger partial charge < -0.3 is 8.83 Å². The molecule has 0 spiro atoms. The molecular formula is C19H14O3. The Balaban J connectivity index is 2.16. The number of furan rings is 1. The van der Waals surface area contributed by atoms with E-state index in [0.717, 1.165) is 38.8 Å². The number of hydrogen-bond acceptors (Lipinski definition) is 3. The molecule has 0 aliphatic rings. The average Bonchev–Trinajstić information content (AvgIpc) is 2.80. The Morgan fingerprint density at radius 2 is 1.55 bits per heavy atom. The molecule has 2 heterocycles. The van der Waals surface area contributed by atoms with Crippen molar-refractivity contribution in [2.45, 2.75) is 13.8 Å². The third-order valence-corrected chi connectivity index (χ3v) is 4.12. The maximum Gasteiger partial charge on any atom is 0.336 e. The van der Waals surface area contributed by atoms with Gasteiger partial charge in [-0.2, -0.15) is 0 Å². The van der Waals surface area contributed by atoms with Gasteiger partial charge in [0, 0.05) is 22.9 Å². The molecule has 0 bridgehead atoms. The van der Waals surface area contributed by atoms with Crippen LogP contribution in [0.2, 0.25) is 0 Å². The highest BCUT2D eigenvalue weighted by molar-refractivity contribution is 6.02. The van der Waals surface area contributed by atoms with Gasteiger partial charge in [-0.3, -0.25) is 0 Å². The van der Waals surface area contributed by atoms with Crippen molar-refractivity contribution in [1.29, 1.82) is 0 Å². The molecule has 0 amide bonds. The Morgan fingerprint density at radius 1 is 0.818 bits per heavy atom. The summed E-state index contributed by atoms with van der Waals surface area (Å²) in [5, 5.41) is 1.97. The van der Waals surface area contributed by atoms with E-state index in [1.165, 1.54) is 0 Å². The molecular weight excluding hydrogens is 276 g/mol. The molecule has 2 aromatic carbocycles. The molecule has 0 saturated carbocycles. The maximum atomic E-state index is 11.9. The van der Waals surface area contributed by atoms with Gasteiger partial charge in [-0.1, -0.05) is 30.3 Å². The Bertz CT molecular complexity index is 1050. The van der Waals surface area contributed by atoms with Gasteiger partial charge in [-0.15, -0.1) is 0 Å². The molecule has 0 aliphatic carbocycles. The molecule has 0 saturated heterocycles. The van der Waals surface area contributed by atoms with E-state index in [9.17, 15) is 4.79 Å². The number of hydrogen-bond donors (Lipinski definition) is 0. The first-order chi connectivity index (χ1) is 10.6. The highest BCUT2D eigenvalue weighted by Crippen LogP contribution is 2.33. The van der Waals surface area contributed by atoms with Crippen LogP contribution in [0, 0.1) is 13.8 Å². The first kappa shape index (κ1) is 12.9. The zero-order valence-electron chi connectivity index (χ0n) is 12.3. The van der Waals surface area contributed by atoms with Gasteiger partial charge in [-0.25, -0.2) is 4.79 Å². The zero-order valence-corrected chi connectivity index (χ0v) is 12.3. The van der Waals surface area contributed by atoms with Crippen LogP contribution in [-0.4, -0.2) is 0 Å². The molecule has 0 aliphatic heterocycles. The second-order valence-electron chi connectivity index (χ2n) is 5.47. The largest absolute Gasteiger partial charge is 0.461 e. The minimum atomic E-state index is -0.356. The molecule has 4 rings (SSSR count). The van der Waals surface area contributed by atoms with E-state index < -0.39 is 0 Å². The number of benzene rings is 2. The van der Waals surface area contributed by atoms with Crippen LogP contribution in [0.3, 0.4) is 0 Å². The van der Waals surface area contributed by atoms with Crippen molar-refractivity contribution in [3.8, 4) is 11.1 Å². The quantitative estimate of drug-likeness (QED) is 0.472. The average molecular weight is 290 g/mol. The smallest absolute Gasteiger partial charge is 0.336 e. The summed E-state index contributed by atoms with van der Waals surface area (Å²) in [7, 11) is 0. The predicted octanol–water partition coefficient (Wildman–Crippen LogP) is 4.82. The number of fused-ring (bicyclic) bond motifs is 2. The van der Waals surface area contributed by atoms with Crippen molar-refractivity contribution < 1.29 is 8.83 Å². The zero-order chi connectivity index (χ0) is 15.3. The van der Waals surface area contributed by atoms with Crippen LogP contribution in [0.15, 0.2) is 62.2 Å². The highest BCUT2D eigenvalue weighted by atomic mass is 16.4. The van der Waals surface area contributed by atoms with Crippen molar-refractivity contribution in [2.24, 2.45) is 0 Å². The van der Waals surface area contributed by atoms with Crippen molar-refractivity contribution in [3.05, 3.63) is 70.3 Å². The Kier molecular flexibility index (Phi) is 2.70. The van der Waals surface area contributed by atoms with Crippen LogP contribution in [0.5, 0.6) is 0 Å². The van der Waals surface area contributed by atoms with Gasteiger partial charge in [-0.05, 0) is 36.6 Å². The fourth-order valence-corrected chi connectivity index (χ4v) is 2.85. The maximum absolute atomic E-state index is 11.9. The molecule has 22 heavy (non-hydrogen) atoms. The van der Waals surface area contributed by atoms with Crippen LogP contribution in [0.25, 0.3) is 33.1 Å². The third kappa shape index (κ3) is 1.86. The highest BCUT2D eigenvalue weighted by Gasteiger charge is 2.13. The normalized spacial score (nSPS) is 11.4. The summed E-state index contributed by atoms with van der Waals surface area (Å²) in [6.45, 7) is 3.97. The topological polar surface area (TPSA) is 43.4 Å². The summed E-state index contributed by atoms with van der Waals surface area (Å²) >= 11 is 0. The SMILES string of the molecule is Cc1oc2cc3oc(=O)cc(-c4ccccc4)c3cc2c1C. The first-order valence-corrected chi connectivity index (χ1v) is 7.16. The van der Waals surface area contributed by atoms with Crippen LogP contribution < -0.4 is 5.63 Å². The lowest BCUT2D eigenvalue weighted by atomic mass is 10.0. The van der Waals surface area contributed by atoms with Crippen LogP contribution in [-0.2, 0) is 0 Å². The van der Waals surface area contributed by atoms with Gasteiger partial charge in [0.15, 0.2) is 0 Å². The first-order valence-electron chi connectivity index (χ1n) is 7.16. The monoisotopic (exact) mass is 290 g/mol. The van der Waals surface area contributed by atoms with Crippen LogP contribution >= 0.6 is 0 Å². The van der Waals surface area contributed by atoms with Crippen molar-refractivity contribution in [3.63, 3.8) is 0 Å². The van der Waals surface area contributed by atoms with E-state index in [-0.39, 0.29) is 5.63 Å². The lowest BCUT2D eigenvalue weighted by Crippen LogP contribution is -1.98. The summed E-state index contributed by atoms with van der Waals surface area (Å²) < 4.78 is 11.1. The van der Waals surface area contributed by atoms with E-state index in [1.54, 1.807) is 12.1 Å². The molecule has 0 radical (unpaired) electrons. The standard InChI is InChI=1S/C19H14O3/c1-11-12(2)21-17-10-18-16(8-14(11)17)15(9-19(20)22-18)13-6-4-3-5-7-13/h3-10H,1-2H3. The molecule has 108 valence electrons. The summed E-state index contributed by atoms with van der Waals surface area (Å²) in [4.78, 5) is 11.9. The molecule has 3 nitrogen and oxygen atoms in total. The second kappa shape index (κ2) is 4.60. The van der Waals surface area contributed by atoms with Crippen molar-refractivity contribution in [1.82, 2.24) is 0 Å². The van der Waals surface area contributed by atoms with Crippen molar-refractivity contribution in [2.75, 3.05) is 0 Å². The summed E-state index contributed by atoms with van der Waals surface area (Å²) in [5.41, 5.74) is 3.93. The van der Waals surface area contributed by atoms with Gasteiger partial charge in [0.1, 0.15) is 16.9 Å². The molecule has 0 unspecified atom stereocenters. The Labute approximate surface area is 126 Å². The van der Waals surface area contributed by atoms with Gasteiger partial charge >= 0.3 is 5.63 Å². The fourth-order valence-electron chi connectivity index (χ4n) is 2.85. The van der Waals surface area contributed by atoms with Gasteiger partial charge in [0.25, 0.3) is 0 Å². The summed E-state index contributed by atoms with van der Waals surface area (Å²) in [5.74, 6) is 0.883. The van der Waals surface area contributed by atoms with E-state index in [2.05, 4.69) is 0 Å². The van der Waals surface area contributed by atoms with E-state index in [1.807, 2.05) is 50.2 Å². The molecule has 0 N–H and O–H groups in total. The second-order valence-corrected chi connectivity index (χ2v) is 5.47. The number of aryl methyl sites for hydroxylation is 2. The Morgan fingerprint density at radius 3 is 2.32 bits per heavy atom. The van der Waals surface area contributed by atoms with Gasteiger partial charge in [0.05, 0.1) is 0 Å². The lowest BCUT2D eigenvalue weighted by Gasteiger charge is -2.05. The Hall–Kier alpha value is -2.81. The fraction of sp³-hybridized carbons (Fsp3) is 0.105. The summed E-state index contributed by atoms with van der Waals surface area (Å²) in [6, 6.07) is 15.3. The lowest BCUT2D eigenvalue weighted by molar-refractivity contribution is 0.556. The van der Waals surface area contributed by atoms with Crippen LogP contribution in [0.1, 0.15) is 11.3 Å². The molecule has 2 aromatic heterocycles. The van der Waals surface area contributed by atoms with Crippen LogP contribution in [0.4, 0.5) is 0 Å². The minimum Gasteiger partial charge on any atom is -0.461 e.